The number of benzene rings is 2. The number of amides is 2. The molecule has 2 aliphatic rings. The van der Waals surface area contributed by atoms with E-state index in [0.29, 0.717) is 30.2 Å². The summed E-state index contributed by atoms with van der Waals surface area (Å²) in [6, 6.07) is 13.8. The van der Waals surface area contributed by atoms with Crippen LogP contribution in [-0.2, 0) is 0 Å². The Morgan fingerprint density at radius 2 is 1.93 bits per heavy atom. The van der Waals surface area contributed by atoms with Gasteiger partial charge in [-0.3, -0.25) is 0 Å². The Balaban J connectivity index is 1.67. The maximum atomic E-state index is 14.0. The fourth-order valence-corrected chi connectivity index (χ4v) is 4.08. The second-order valence-electron chi connectivity index (χ2n) is 8.10. The molecule has 2 atom stereocenters. The minimum atomic E-state index is -0.345. The van der Waals surface area contributed by atoms with Crippen LogP contribution in [0.5, 0.6) is 5.75 Å². The highest BCUT2D eigenvalue weighted by molar-refractivity contribution is 6.07. The van der Waals surface area contributed by atoms with Gasteiger partial charge in [0.2, 0.25) is 0 Å². The first-order valence-corrected chi connectivity index (χ1v) is 10.2. The van der Waals surface area contributed by atoms with Gasteiger partial charge in [-0.1, -0.05) is 30.3 Å². The Morgan fingerprint density at radius 3 is 2.67 bits per heavy atom. The van der Waals surface area contributed by atoms with Crippen molar-refractivity contribution in [2.45, 2.75) is 12.5 Å². The molecule has 2 aromatic rings. The first-order chi connectivity index (χ1) is 14.5. The normalized spacial score (nSPS) is 19.8. The molecule has 0 unspecified atom stereocenters. The van der Waals surface area contributed by atoms with Crippen molar-refractivity contribution < 1.29 is 13.9 Å². The van der Waals surface area contributed by atoms with Crippen LogP contribution in [0.15, 0.2) is 53.6 Å². The van der Waals surface area contributed by atoms with Crippen molar-refractivity contribution >= 4 is 11.7 Å². The van der Waals surface area contributed by atoms with E-state index >= 15 is 0 Å². The average molecular weight is 410 g/mol. The highest BCUT2D eigenvalue weighted by Gasteiger charge is 2.45. The molecule has 30 heavy (non-hydrogen) atoms. The molecule has 0 spiro atoms. The van der Waals surface area contributed by atoms with Crippen molar-refractivity contribution in [3.63, 3.8) is 0 Å². The molecule has 0 aromatic heterocycles. The summed E-state index contributed by atoms with van der Waals surface area (Å²) >= 11 is 0. The lowest BCUT2D eigenvalue weighted by atomic mass is 9.86. The predicted octanol–water partition coefficient (Wildman–Crippen LogP) is 3.60. The molecule has 0 aliphatic carbocycles. The Labute approximate surface area is 176 Å². The van der Waals surface area contributed by atoms with Crippen LogP contribution in [0.4, 0.5) is 9.18 Å². The van der Waals surface area contributed by atoms with E-state index in [-0.39, 0.29) is 23.8 Å². The summed E-state index contributed by atoms with van der Waals surface area (Å²) in [5, 5.41) is 6.27. The van der Waals surface area contributed by atoms with Gasteiger partial charge in [-0.2, -0.15) is 5.10 Å². The van der Waals surface area contributed by atoms with E-state index in [0.717, 1.165) is 18.5 Å². The second-order valence-corrected chi connectivity index (χ2v) is 8.10. The van der Waals surface area contributed by atoms with Crippen molar-refractivity contribution in [3.8, 4) is 5.75 Å². The minimum Gasteiger partial charge on any atom is -0.492 e. The lowest BCUT2D eigenvalue weighted by Gasteiger charge is -2.31. The number of halogens is 1. The summed E-state index contributed by atoms with van der Waals surface area (Å²) in [6.45, 7) is 1.93. The van der Waals surface area contributed by atoms with Gasteiger partial charge in [0.25, 0.3) is 0 Å². The number of hydrogen-bond donors (Lipinski definition) is 0. The third-order valence-corrected chi connectivity index (χ3v) is 5.61. The van der Waals surface area contributed by atoms with Crippen molar-refractivity contribution in [2.24, 2.45) is 11.0 Å². The predicted molar refractivity (Wildman–Crippen MR) is 114 cm³/mol. The van der Waals surface area contributed by atoms with Crippen molar-refractivity contribution in [2.75, 3.05) is 40.8 Å². The van der Waals surface area contributed by atoms with Crippen molar-refractivity contribution in [1.82, 2.24) is 14.8 Å². The van der Waals surface area contributed by atoms with E-state index < -0.39 is 0 Å². The van der Waals surface area contributed by atoms with Gasteiger partial charge in [0.15, 0.2) is 0 Å². The Bertz CT molecular complexity index is 947. The Kier molecular flexibility index (Phi) is 5.72. The van der Waals surface area contributed by atoms with Gasteiger partial charge in [0.1, 0.15) is 11.6 Å². The molecular weight excluding hydrogens is 383 g/mol. The molecule has 4 rings (SSSR count). The van der Waals surface area contributed by atoms with E-state index in [9.17, 15) is 9.18 Å². The van der Waals surface area contributed by atoms with E-state index in [1.54, 1.807) is 23.0 Å². The molecule has 6 nitrogen and oxygen atoms in total. The summed E-state index contributed by atoms with van der Waals surface area (Å²) in [5.41, 5.74) is 2.32. The smallest absolute Gasteiger partial charge is 0.340 e. The quantitative estimate of drug-likeness (QED) is 0.757. The average Bonchev–Trinajstić information content (AvgIpc) is 3.13. The molecule has 158 valence electrons. The lowest BCUT2D eigenvalue weighted by molar-refractivity contribution is 0.132. The molecule has 2 heterocycles. The van der Waals surface area contributed by atoms with Crippen LogP contribution in [-0.4, -0.2) is 67.4 Å². The largest absolute Gasteiger partial charge is 0.492 e. The highest BCUT2D eigenvalue weighted by atomic mass is 19.1. The monoisotopic (exact) mass is 410 g/mol. The number of carbonyl (C=O) groups is 1. The number of carbonyl (C=O) groups excluding carboxylic acids is 1. The SMILES string of the molecule is CN(C)CCCN(C)C(=O)N1N=C2c3cc(F)ccc3OC[C@@H]2[C@@H]1c1ccccc1. The molecular formula is C23H27FN4O2. The molecule has 0 N–H and O–H groups in total. The number of fused-ring (bicyclic) bond motifs is 3. The van der Waals surface area contributed by atoms with Crippen LogP contribution in [0.2, 0.25) is 0 Å². The van der Waals surface area contributed by atoms with Crippen LogP contribution in [0.3, 0.4) is 0 Å². The van der Waals surface area contributed by atoms with Crippen LogP contribution in [0.1, 0.15) is 23.6 Å². The molecule has 2 aliphatic heterocycles. The van der Waals surface area contributed by atoms with Crippen LogP contribution in [0, 0.1) is 11.7 Å². The van der Waals surface area contributed by atoms with Crippen LogP contribution < -0.4 is 4.74 Å². The zero-order valence-corrected chi connectivity index (χ0v) is 17.6. The topological polar surface area (TPSA) is 48.4 Å². The minimum absolute atomic E-state index is 0.152. The van der Waals surface area contributed by atoms with Crippen molar-refractivity contribution in [3.05, 3.63) is 65.5 Å². The second kappa shape index (κ2) is 8.44. The summed E-state index contributed by atoms with van der Waals surface area (Å²) in [6.07, 6.45) is 0.871. The third-order valence-electron chi connectivity index (χ3n) is 5.61. The number of hydrazone groups is 1. The molecule has 7 heteroatoms. The number of nitrogens with zero attached hydrogens (tertiary/aromatic N) is 4. The molecule has 0 saturated heterocycles. The van der Waals surface area contributed by atoms with Gasteiger partial charge in [-0.05, 0) is 50.8 Å². The maximum Gasteiger partial charge on any atom is 0.340 e. The fourth-order valence-electron chi connectivity index (χ4n) is 4.08. The van der Waals surface area contributed by atoms with E-state index in [2.05, 4.69) is 4.90 Å². The number of hydrogen-bond acceptors (Lipinski definition) is 4. The fraction of sp³-hybridized carbons (Fsp3) is 0.391. The summed E-state index contributed by atoms with van der Waals surface area (Å²) in [7, 11) is 5.83. The Morgan fingerprint density at radius 1 is 1.17 bits per heavy atom. The zero-order valence-electron chi connectivity index (χ0n) is 17.6. The van der Waals surface area contributed by atoms with Gasteiger partial charge in [-0.15, -0.1) is 0 Å². The van der Waals surface area contributed by atoms with E-state index in [1.807, 2.05) is 44.4 Å². The third kappa shape index (κ3) is 3.89. The number of urea groups is 1. The summed E-state index contributed by atoms with van der Waals surface area (Å²) < 4.78 is 19.9. The molecule has 2 amide bonds. The zero-order chi connectivity index (χ0) is 21.3. The van der Waals surface area contributed by atoms with E-state index in [4.69, 9.17) is 9.84 Å². The lowest BCUT2D eigenvalue weighted by Crippen LogP contribution is -2.41. The Hall–Kier alpha value is -2.93. The van der Waals surface area contributed by atoms with Gasteiger partial charge in [-0.25, -0.2) is 14.2 Å². The molecule has 0 radical (unpaired) electrons. The van der Waals surface area contributed by atoms with Gasteiger partial charge in [0, 0.05) is 19.2 Å². The highest BCUT2D eigenvalue weighted by Crippen LogP contribution is 2.42. The first-order valence-electron chi connectivity index (χ1n) is 10.2. The molecule has 2 aromatic carbocycles. The first kappa shape index (κ1) is 20.3. The van der Waals surface area contributed by atoms with Gasteiger partial charge in [0.05, 0.1) is 24.3 Å². The van der Waals surface area contributed by atoms with Crippen LogP contribution >= 0.6 is 0 Å². The standard InChI is InChI=1S/C23H27FN4O2/c1-26(2)12-7-13-27(3)23(29)28-22(16-8-5-4-6-9-16)19-15-30-20-11-10-17(24)14-18(20)21(19)25-28/h4-6,8-11,14,19,22H,7,12-13,15H2,1-3H3/t19-,22-/m0/s1. The molecule has 0 fully saturated rings. The van der Waals surface area contributed by atoms with E-state index in [1.165, 1.54) is 12.1 Å². The molecule has 0 bridgehead atoms. The van der Waals surface area contributed by atoms with Crippen LogP contribution in [0.25, 0.3) is 0 Å². The van der Waals surface area contributed by atoms with Gasteiger partial charge >= 0.3 is 6.03 Å². The summed E-state index contributed by atoms with van der Waals surface area (Å²) in [4.78, 5) is 17.1. The number of rotatable bonds is 5. The number of ether oxygens (including phenoxy) is 1. The molecule has 0 saturated carbocycles. The van der Waals surface area contributed by atoms with Gasteiger partial charge < -0.3 is 14.5 Å². The summed E-state index contributed by atoms with van der Waals surface area (Å²) in [5.74, 6) is 0.107. The van der Waals surface area contributed by atoms with Crippen molar-refractivity contribution in [1.29, 1.82) is 0 Å². The maximum absolute atomic E-state index is 14.0.